The van der Waals surface area contributed by atoms with Crippen LogP contribution in [-0.4, -0.2) is 19.6 Å². The van der Waals surface area contributed by atoms with E-state index >= 15 is 0 Å². The van der Waals surface area contributed by atoms with Crippen LogP contribution in [0.2, 0.25) is 15.1 Å². The van der Waals surface area contributed by atoms with E-state index in [1.807, 2.05) is 30.3 Å². The maximum absolute atomic E-state index is 13.3. The molecule has 0 spiro atoms. The van der Waals surface area contributed by atoms with Gasteiger partial charge in [-0.05, 0) is 31.2 Å². The molecule has 10 heteroatoms. The Balaban J connectivity index is 1.95. The van der Waals surface area contributed by atoms with Gasteiger partial charge < -0.3 is 11.1 Å². The second kappa shape index (κ2) is 7.51. The Labute approximate surface area is 180 Å². The molecule has 0 aliphatic rings. The average Bonchev–Trinajstić information content (AvgIpc) is 3.14. The van der Waals surface area contributed by atoms with Crippen molar-refractivity contribution in [2.45, 2.75) is 6.92 Å². The number of benzene rings is 2. The first kappa shape index (κ1) is 19.4. The van der Waals surface area contributed by atoms with E-state index in [-0.39, 0.29) is 21.4 Å². The van der Waals surface area contributed by atoms with Crippen molar-refractivity contribution >= 4 is 52.0 Å². The molecule has 2 heterocycles. The Morgan fingerprint density at radius 1 is 1.07 bits per heavy atom. The van der Waals surface area contributed by atoms with Gasteiger partial charge in [-0.2, -0.15) is 5.10 Å². The topological polar surface area (TPSA) is 93.7 Å². The van der Waals surface area contributed by atoms with Gasteiger partial charge in [0.2, 0.25) is 0 Å². The number of H-pyrrole nitrogens is 1. The molecule has 4 aromatic rings. The summed E-state index contributed by atoms with van der Waals surface area (Å²) in [6, 6.07) is 12.4. The van der Waals surface area contributed by atoms with E-state index in [0.717, 1.165) is 5.69 Å². The zero-order chi connectivity index (χ0) is 20.7. The number of hydrogen-bond donors (Lipinski definition) is 3. The lowest BCUT2D eigenvalue weighted by molar-refractivity contribution is 0.830. The standard InChI is InChI=1S/C19H15Cl3N6O/c1-10-15(23)9-27(25-10)17-18(24-12-5-3-2-4-6-12)26-28(19(17)29)16-13(21)7-11(20)8-14(16)22/h2-9,24,26H,23H2,1H3. The minimum Gasteiger partial charge on any atom is -0.396 e. The number of para-hydroxylation sites is 1. The zero-order valence-electron chi connectivity index (χ0n) is 15.1. The summed E-state index contributed by atoms with van der Waals surface area (Å²) in [7, 11) is 0. The summed E-state index contributed by atoms with van der Waals surface area (Å²) in [5, 5.41) is 11.4. The third-order valence-electron chi connectivity index (χ3n) is 4.28. The highest BCUT2D eigenvalue weighted by Crippen LogP contribution is 2.32. The van der Waals surface area contributed by atoms with Crippen molar-refractivity contribution in [1.29, 1.82) is 0 Å². The van der Waals surface area contributed by atoms with Crippen LogP contribution in [-0.2, 0) is 0 Å². The summed E-state index contributed by atoms with van der Waals surface area (Å²) in [4.78, 5) is 13.3. The highest BCUT2D eigenvalue weighted by molar-refractivity contribution is 6.40. The molecule has 4 rings (SSSR count). The third kappa shape index (κ3) is 3.60. The molecule has 0 radical (unpaired) electrons. The summed E-state index contributed by atoms with van der Waals surface area (Å²) in [6.45, 7) is 1.76. The predicted molar refractivity (Wildman–Crippen MR) is 117 cm³/mol. The SMILES string of the molecule is Cc1nn(-c2c(Nc3ccccc3)[nH]n(-c3c(Cl)cc(Cl)cc3Cl)c2=O)cc1N. The minimum atomic E-state index is -0.419. The van der Waals surface area contributed by atoms with Crippen molar-refractivity contribution in [3.8, 4) is 11.4 Å². The van der Waals surface area contributed by atoms with Crippen molar-refractivity contribution in [3.63, 3.8) is 0 Å². The Morgan fingerprint density at radius 2 is 1.72 bits per heavy atom. The number of nitrogens with one attached hydrogen (secondary N) is 2. The fourth-order valence-corrected chi connectivity index (χ4v) is 3.87. The smallest absolute Gasteiger partial charge is 0.299 e. The van der Waals surface area contributed by atoms with E-state index in [2.05, 4.69) is 15.5 Å². The lowest BCUT2D eigenvalue weighted by Crippen LogP contribution is -2.19. The molecule has 2 aromatic heterocycles. The van der Waals surface area contributed by atoms with Gasteiger partial charge in [-0.1, -0.05) is 53.0 Å². The van der Waals surface area contributed by atoms with Gasteiger partial charge in [0.1, 0.15) is 5.69 Å². The molecular weight excluding hydrogens is 435 g/mol. The number of nitrogens with zero attached hydrogens (tertiary/aromatic N) is 3. The lowest BCUT2D eigenvalue weighted by atomic mass is 10.3. The van der Waals surface area contributed by atoms with E-state index < -0.39 is 5.56 Å². The molecule has 0 aliphatic heterocycles. The molecule has 0 saturated heterocycles. The van der Waals surface area contributed by atoms with Crippen LogP contribution in [0.15, 0.2) is 53.5 Å². The molecule has 4 N–H and O–H groups in total. The Bertz CT molecular complexity index is 1220. The average molecular weight is 450 g/mol. The summed E-state index contributed by atoms with van der Waals surface area (Å²) >= 11 is 18.7. The van der Waals surface area contributed by atoms with Gasteiger partial charge in [0.15, 0.2) is 11.5 Å². The largest absolute Gasteiger partial charge is 0.396 e. The summed E-state index contributed by atoms with van der Waals surface area (Å²) in [5.41, 5.74) is 7.86. The van der Waals surface area contributed by atoms with Crippen molar-refractivity contribution in [1.82, 2.24) is 19.6 Å². The Kier molecular flexibility index (Phi) is 5.04. The first-order chi connectivity index (χ1) is 13.8. The predicted octanol–water partition coefficient (Wildman–Crippen LogP) is 4.95. The second-order valence-corrected chi connectivity index (χ2v) is 7.55. The van der Waals surface area contributed by atoms with E-state index in [9.17, 15) is 4.79 Å². The van der Waals surface area contributed by atoms with Crippen LogP contribution in [0, 0.1) is 6.92 Å². The zero-order valence-corrected chi connectivity index (χ0v) is 17.3. The first-order valence-corrected chi connectivity index (χ1v) is 9.62. The molecule has 0 bridgehead atoms. The van der Waals surface area contributed by atoms with Crippen molar-refractivity contribution in [2.75, 3.05) is 11.1 Å². The fraction of sp³-hybridized carbons (Fsp3) is 0.0526. The number of aromatic amines is 1. The molecule has 2 aromatic carbocycles. The summed E-state index contributed by atoms with van der Waals surface area (Å²) < 4.78 is 2.66. The number of rotatable bonds is 4. The van der Waals surface area contributed by atoms with Crippen molar-refractivity contribution in [2.24, 2.45) is 0 Å². The molecule has 0 unspecified atom stereocenters. The number of aryl methyl sites for hydroxylation is 1. The van der Waals surface area contributed by atoms with Crippen LogP contribution in [0.4, 0.5) is 17.2 Å². The minimum absolute atomic E-state index is 0.222. The number of nitrogens with two attached hydrogens (primary N) is 1. The highest BCUT2D eigenvalue weighted by atomic mass is 35.5. The normalized spacial score (nSPS) is 11.0. The van der Waals surface area contributed by atoms with Gasteiger partial charge in [0.25, 0.3) is 5.56 Å². The molecule has 0 amide bonds. The van der Waals surface area contributed by atoms with Crippen LogP contribution in [0.3, 0.4) is 0 Å². The van der Waals surface area contributed by atoms with Gasteiger partial charge in [0.05, 0.1) is 27.6 Å². The Hall–Kier alpha value is -2.87. The quantitative estimate of drug-likeness (QED) is 0.411. The van der Waals surface area contributed by atoms with Gasteiger partial charge in [0, 0.05) is 10.7 Å². The van der Waals surface area contributed by atoms with Gasteiger partial charge >= 0.3 is 0 Å². The maximum Gasteiger partial charge on any atom is 0.299 e. The van der Waals surface area contributed by atoms with Gasteiger partial charge in [-0.3, -0.25) is 9.89 Å². The van der Waals surface area contributed by atoms with Crippen LogP contribution in [0.25, 0.3) is 11.4 Å². The van der Waals surface area contributed by atoms with Crippen LogP contribution in [0.1, 0.15) is 5.69 Å². The highest BCUT2D eigenvalue weighted by Gasteiger charge is 2.22. The van der Waals surface area contributed by atoms with Crippen molar-refractivity contribution < 1.29 is 0 Å². The van der Waals surface area contributed by atoms with Gasteiger partial charge in [-0.15, -0.1) is 0 Å². The maximum atomic E-state index is 13.3. The first-order valence-electron chi connectivity index (χ1n) is 8.49. The van der Waals surface area contributed by atoms with E-state index in [1.54, 1.807) is 13.1 Å². The fourth-order valence-electron chi connectivity index (χ4n) is 2.89. The molecule has 0 atom stereocenters. The van der Waals surface area contributed by atoms with Crippen LogP contribution >= 0.6 is 34.8 Å². The van der Waals surface area contributed by atoms with Gasteiger partial charge in [-0.25, -0.2) is 9.36 Å². The monoisotopic (exact) mass is 448 g/mol. The van der Waals surface area contributed by atoms with E-state index in [0.29, 0.717) is 22.2 Å². The third-order valence-corrected chi connectivity index (χ3v) is 5.07. The molecule has 0 aliphatic carbocycles. The second-order valence-electron chi connectivity index (χ2n) is 6.30. The molecule has 0 fully saturated rings. The number of nitrogen functional groups attached to an aromatic ring is 1. The summed E-state index contributed by atoms with van der Waals surface area (Å²) in [5.74, 6) is 0.394. The van der Waals surface area contributed by atoms with Crippen molar-refractivity contribution in [3.05, 3.63) is 79.8 Å². The summed E-state index contributed by atoms with van der Waals surface area (Å²) in [6.07, 6.45) is 1.57. The molecule has 0 saturated carbocycles. The lowest BCUT2D eigenvalue weighted by Gasteiger charge is -2.08. The number of aromatic nitrogens is 4. The van der Waals surface area contributed by atoms with E-state index in [1.165, 1.54) is 21.5 Å². The molecule has 148 valence electrons. The molecule has 7 nitrogen and oxygen atoms in total. The van der Waals surface area contributed by atoms with Crippen LogP contribution < -0.4 is 16.6 Å². The Morgan fingerprint density at radius 3 is 2.31 bits per heavy atom. The molecular formula is C19H15Cl3N6O. The van der Waals surface area contributed by atoms with E-state index in [4.69, 9.17) is 40.5 Å². The number of anilines is 3. The molecule has 29 heavy (non-hydrogen) atoms. The number of halogens is 3. The van der Waals surface area contributed by atoms with Crippen LogP contribution in [0.5, 0.6) is 0 Å². The number of hydrogen-bond acceptors (Lipinski definition) is 4.